The van der Waals surface area contributed by atoms with Gasteiger partial charge in [0, 0.05) is 19.6 Å². The molecule has 1 saturated heterocycles. The molecule has 1 aliphatic heterocycles. The second-order valence-electron chi connectivity index (χ2n) is 5.11. The molecule has 0 aliphatic carbocycles. The summed E-state index contributed by atoms with van der Waals surface area (Å²) < 4.78 is 26.8. The lowest BCUT2D eigenvalue weighted by molar-refractivity contribution is 0.423. The number of nitrogens with two attached hydrogens (primary N) is 1. The van der Waals surface area contributed by atoms with Crippen LogP contribution in [-0.4, -0.2) is 25.8 Å². The van der Waals surface area contributed by atoms with Crippen molar-refractivity contribution in [3.05, 3.63) is 29.3 Å². The molecule has 106 valence electrons. The zero-order valence-corrected chi connectivity index (χ0v) is 12.2. The lowest BCUT2D eigenvalue weighted by Crippen LogP contribution is -2.32. The van der Waals surface area contributed by atoms with E-state index in [1.54, 1.807) is 16.4 Å². The van der Waals surface area contributed by atoms with Crippen LogP contribution in [0.1, 0.15) is 36.8 Å². The normalized spacial score (nSPS) is 18.2. The molecular weight excluding hydrogens is 260 g/mol. The number of rotatable bonds is 3. The number of hydrogen-bond acceptors (Lipinski definition) is 3. The quantitative estimate of drug-likeness (QED) is 0.922. The van der Waals surface area contributed by atoms with Crippen LogP contribution in [0.15, 0.2) is 23.1 Å². The lowest BCUT2D eigenvalue weighted by Gasteiger charge is -2.20. The Labute approximate surface area is 115 Å². The molecule has 0 atom stereocenters. The molecule has 0 radical (unpaired) electrons. The van der Waals surface area contributed by atoms with Gasteiger partial charge in [-0.25, -0.2) is 8.42 Å². The van der Waals surface area contributed by atoms with Gasteiger partial charge in [-0.05, 0) is 43.0 Å². The van der Waals surface area contributed by atoms with Crippen molar-refractivity contribution in [2.24, 2.45) is 5.73 Å². The van der Waals surface area contributed by atoms with Crippen LogP contribution in [0.25, 0.3) is 0 Å². The highest BCUT2D eigenvalue weighted by molar-refractivity contribution is 7.89. The first-order valence-corrected chi connectivity index (χ1v) is 8.29. The Hall–Kier alpha value is -0.910. The topological polar surface area (TPSA) is 63.4 Å². The summed E-state index contributed by atoms with van der Waals surface area (Å²) in [5.41, 5.74) is 7.60. The van der Waals surface area contributed by atoms with Crippen molar-refractivity contribution < 1.29 is 8.42 Å². The highest BCUT2D eigenvalue weighted by atomic mass is 32.2. The van der Waals surface area contributed by atoms with Gasteiger partial charge in [0.2, 0.25) is 10.0 Å². The Kier molecular flexibility index (Phi) is 4.60. The zero-order chi connectivity index (χ0) is 13.9. The highest BCUT2D eigenvalue weighted by Crippen LogP contribution is 2.22. The third-order valence-corrected chi connectivity index (χ3v) is 5.64. The fourth-order valence-electron chi connectivity index (χ4n) is 2.46. The first-order chi connectivity index (χ1) is 9.05. The maximum absolute atomic E-state index is 12.6. The maximum Gasteiger partial charge on any atom is 0.243 e. The van der Waals surface area contributed by atoms with Crippen molar-refractivity contribution in [3.8, 4) is 0 Å². The third-order valence-electron chi connectivity index (χ3n) is 3.74. The molecule has 0 aromatic heterocycles. The van der Waals surface area contributed by atoms with E-state index >= 15 is 0 Å². The fourth-order valence-corrected chi connectivity index (χ4v) is 4.03. The Morgan fingerprint density at radius 1 is 1.16 bits per heavy atom. The summed E-state index contributed by atoms with van der Waals surface area (Å²) in [4.78, 5) is 0.375. The van der Waals surface area contributed by atoms with Gasteiger partial charge in [-0.1, -0.05) is 18.9 Å². The standard InChI is InChI=1S/C14H22N2O2S/c1-12-6-7-14(10-13(12)11-15)19(17,18)16-8-4-2-3-5-9-16/h6-7,10H,2-5,8-9,11,15H2,1H3. The molecule has 1 fully saturated rings. The van der Waals surface area contributed by atoms with Gasteiger partial charge in [-0.3, -0.25) is 0 Å². The van der Waals surface area contributed by atoms with E-state index in [1.165, 1.54) is 0 Å². The van der Waals surface area contributed by atoms with Crippen LogP contribution in [0.3, 0.4) is 0 Å². The van der Waals surface area contributed by atoms with Crippen LogP contribution in [0.2, 0.25) is 0 Å². The van der Waals surface area contributed by atoms with Crippen LogP contribution in [0.4, 0.5) is 0 Å². The number of aryl methyl sites for hydroxylation is 1. The molecule has 1 aromatic carbocycles. The summed E-state index contributed by atoms with van der Waals surface area (Å²) in [5, 5.41) is 0. The van der Waals surface area contributed by atoms with Gasteiger partial charge in [0.15, 0.2) is 0 Å². The summed E-state index contributed by atoms with van der Waals surface area (Å²) in [6.45, 7) is 3.59. The van der Waals surface area contributed by atoms with E-state index in [-0.39, 0.29) is 0 Å². The molecule has 1 aliphatic rings. The van der Waals surface area contributed by atoms with Crippen molar-refractivity contribution >= 4 is 10.0 Å². The van der Waals surface area contributed by atoms with Crippen molar-refractivity contribution in [3.63, 3.8) is 0 Å². The molecular formula is C14H22N2O2S. The smallest absolute Gasteiger partial charge is 0.243 e. The van der Waals surface area contributed by atoms with Gasteiger partial charge in [0.25, 0.3) is 0 Å². The zero-order valence-electron chi connectivity index (χ0n) is 11.4. The highest BCUT2D eigenvalue weighted by Gasteiger charge is 2.25. The Morgan fingerprint density at radius 3 is 2.37 bits per heavy atom. The molecule has 0 bridgehead atoms. The van der Waals surface area contributed by atoms with Crippen LogP contribution in [-0.2, 0) is 16.6 Å². The first-order valence-electron chi connectivity index (χ1n) is 6.85. The second-order valence-corrected chi connectivity index (χ2v) is 7.05. The number of nitrogens with zero attached hydrogens (tertiary/aromatic N) is 1. The van der Waals surface area contributed by atoms with Crippen LogP contribution in [0.5, 0.6) is 0 Å². The van der Waals surface area contributed by atoms with Crippen LogP contribution >= 0.6 is 0 Å². The van der Waals surface area contributed by atoms with Gasteiger partial charge in [0.1, 0.15) is 0 Å². The van der Waals surface area contributed by atoms with Crippen molar-refractivity contribution in [1.82, 2.24) is 4.31 Å². The molecule has 19 heavy (non-hydrogen) atoms. The molecule has 0 amide bonds. The van der Waals surface area contributed by atoms with Gasteiger partial charge >= 0.3 is 0 Å². The fraction of sp³-hybridized carbons (Fsp3) is 0.571. The average Bonchev–Trinajstić information content (AvgIpc) is 2.68. The van der Waals surface area contributed by atoms with Gasteiger partial charge in [-0.15, -0.1) is 0 Å². The summed E-state index contributed by atoms with van der Waals surface area (Å²) >= 11 is 0. The van der Waals surface area contributed by atoms with E-state index in [4.69, 9.17) is 5.73 Å². The monoisotopic (exact) mass is 282 g/mol. The first kappa shape index (κ1) is 14.5. The number of benzene rings is 1. The minimum absolute atomic E-state index is 0.370. The summed E-state index contributed by atoms with van der Waals surface area (Å²) in [6, 6.07) is 5.25. The number of hydrogen-bond donors (Lipinski definition) is 1. The van der Waals surface area contributed by atoms with Gasteiger partial charge < -0.3 is 5.73 Å². The summed E-state index contributed by atoms with van der Waals surface area (Å²) in [6.07, 6.45) is 4.14. The number of sulfonamides is 1. The third kappa shape index (κ3) is 3.16. The predicted molar refractivity (Wildman–Crippen MR) is 76.3 cm³/mol. The molecule has 0 saturated carbocycles. The van der Waals surface area contributed by atoms with Gasteiger partial charge in [-0.2, -0.15) is 4.31 Å². The van der Waals surface area contributed by atoms with E-state index in [0.717, 1.165) is 36.8 Å². The molecule has 2 rings (SSSR count). The van der Waals surface area contributed by atoms with Crippen molar-refractivity contribution in [1.29, 1.82) is 0 Å². The van der Waals surface area contributed by atoms with Crippen LogP contribution in [0, 0.1) is 6.92 Å². The molecule has 2 N–H and O–H groups in total. The van der Waals surface area contributed by atoms with Crippen molar-refractivity contribution in [2.45, 2.75) is 44.0 Å². The van der Waals surface area contributed by atoms with E-state index < -0.39 is 10.0 Å². The summed E-state index contributed by atoms with van der Waals surface area (Å²) in [7, 11) is -3.36. The Bertz CT molecular complexity index is 532. The molecule has 5 heteroatoms. The van der Waals surface area contributed by atoms with Gasteiger partial charge in [0.05, 0.1) is 4.90 Å². The van der Waals surface area contributed by atoms with Crippen LogP contribution < -0.4 is 5.73 Å². The second kappa shape index (κ2) is 6.03. The van der Waals surface area contributed by atoms with E-state index in [2.05, 4.69) is 0 Å². The van der Waals surface area contributed by atoms with Crippen molar-refractivity contribution in [2.75, 3.05) is 13.1 Å². The summed E-state index contributed by atoms with van der Waals surface area (Å²) in [5.74, 6) is 0. The molecule has 4 nitrogen and oxygen atoms in total. The lowest BCUT2D eigenvalue weighted by atomic mass is 10.1. The predicted octanol–water partition coefficient (Wildman–Crippen LogP) is 2.02. The largest absolute Gasteiger partial charge is 0.326 e. The maximum atomic E-state index is 12.6. The Balaban J connectivity index is 2.32. The minimum atomic E-state index is -3.36. The molecule has 1 heterocycles. The minimum Gasteiger partial charge on any atom is -0.326 e. The average molecular weight is 282 g/mol. The van der Waals surface area contributed by atoms with E-state index in [9.17, 15) is 8.42 Å². The molecule has 1 aromatic rings. The van der Waals surface area contributed by atoms with E-state index in [0.29, 0.717) is 24.5 Å². The van der Waals surface area contributed by atoms with E-state index in [1.807, 2.05) is 13.0 Å². The Morgan fingerprint density at radius 2 is 1.79 bits per heavy atom. The SMILES string of the molecule is Cc1ccc(S(=O)(=O)N2CCCCCC2)cc1CN. The molecule has 0 spiro atoms. The molecule has 0 unspecified atom stereocenters.